The standard InChI is InChI=1S/C32H31F3N4O4/c1-3-20-23(33)7-4-16-10-19(40)11-21(26(16)20)27-24(34)12-22-29(28(27)35)37-31(42-15-32(2)9-8-25(41)43-32)38-30(22)39-13-17-5-6-18(14-39)36-17/h4,7,10-12,17-18,36,40H,3,5-6,8-9,13-15H2,1-2H3/t17-,18+,32?. The van der Waals surface area contributed by atoms with Crippen LogP contribution in [0.3, 0.4) is 0 Å². The van der Waals surface area contributed by atoms with E-state index in [-0.39, 0.29) is 71.3 Å². The van der Waals surface area contributed by atoms with Crippen molar-refractivity contribution < 1.29 is 32.5 Å². The van der Waals surface area contributed by atoms with E-state index in [0.29, 0.717) is 36.1 Å². The molecule has 43 heavy (non-hydrogen) atoms. The molecule has 8 nitrogen and oxygen atoms in total. The largest absolute Gasteiger partial charge is 0.508 e. The number of nitrogens with one attached hydrogen (secondary N) is 1. The third-order valence-corrected chi connectivity index (χ3v) is 8.86. The number of hydrogen-bond acceptors (Lipinski definition) is 8. The van der Waals surface area contributed by atoms with Crippen molar-refractivity contribution in [3.8, 4) is 22.9 Å². The van der Waals surface area contributed by atoms with Crippen molar-refractivity contribution in [2.45, 2.75) is 63.6 Å². The second-order valence-electron chi connectivity index (χ2n) is 12.0. The molecular formula is C32H31F3N4O4. The Labute approximate surface area is 245 Å². The van der Waals surface area contributed by atoms with Gasteiger partial charge in [-0.25, -0.2) is 13.2 Å². The summed E-state index contributed by atoms with van der Waals surface area (Å²) in [6.07, 6.45) is 2.98. The summed E-state index contributed by atoms with van der Waals surface area (Å²) in [6.45, 7) is 4.66. The molecule has 11 heteroatoms. The first-order valence-electron chi connectivity index (χ1n) is 14.6. The normalized spacial score (nSPS) is 23.4. The van der Waals surface area contributed by atoms with Crippen LogP contribution < -0.4 is 15.0 Å². The highest BCUT2D eigenvalue weighted by atomic mass is 19.1. The lowest BCUT2D eigenvalue weighted by molar-refractivity contribution is -0.149. The Bertz CT molecular complexity index is 1790. The van der Waals surface area contributed by atoms with E-state index in [9.17, 15) is 14.3 Å². The lowest BCUT2D eigenvalue weighted by atomic mass is 9.91. The van der Waals surface area contributed by atoms with Crippen molar-refractivity contribution in [1.82, 2.24) is 15.3 Å². The molecule has 3 saturated heterocycles. The molecular weight excluding hydrogens is 561 g/mol. The molecule has 1 aromatic heterocycles. The van der Waals surface area contributed by atoms with Crippen LogP contribution in [0, 0.1) is 17.5 Å². The number of hydrogen-bond donors (Lipinski definition) is 2. The molecule has 3 fully saturated rings. The van der Waals surface area contributed by atoms with Gasteiger partial charge in [0.1, 0.15) is 40.9 Å². The van der Waals surface area contributed by atoms with Gasteiger partial charge in [-0.05, 0) is 72.4 Å². The zero-order valence-corrected chi connectivity index (χ0v) is 23.8. The minimum atomic E-state index is -0.974. The molecule has 4 aromatic rings. The van der Waals surface area contributed by atoms with Crippen molar-refractivity contribution in [2.75, 3.05) is 24.6 Å². The van der Waals surface area contributed by atoms with Crippen molar-refractivity contribution in [2.24, 2.45) is 0 Å². The number of nitrogens with zero attached hydrogens (tertiary/aromatic N) is 3. The maximum Gasteiger partial charge on any atom is 0.319 e. The van der Waals surface area contributed by atoms with Crippen LogP contribution in [-0.4, -0.2) is 58.4 Å². The maximum atomic E-state index is 16.7. The van der Waals surface area contributed by atoms with Crippen molar-refractivity contribution in [3.63, 3.8) is 0 Å². The van der Waals surface area contributed by atoms with E-state index in [4.69, 9.17) is 9.47 Å². The Balaban J connectivity index is 1.42. The van der Waals surface area contributed by atoms with E-state index in [2.05, 4.69) is 15.3 Å². The van der Waals surface area contributed by atoms with Crippen molar-refractivity contribution >= 4 is 33.5 Å². The van der Waals surface area contributed by atoms with E-state index in [1.165, 1.54) is 30.3 Å². The Hall–Kier alpha value is -4.12. The van der Waals surface area contributed by atoms with E-state index < -0.39 is 28.6 Å². The van der Waals surface area contributed by atoms with Gasteiger partial charge in [0.25, 0.3) is 0 Å². The van der Waals surface area contributed by atoms with Crippen LogP contribution in [0.4, 0.5) is 19.0 Å². The fourth-order valence-corrected chi connectivity index (χ4v) is 6.79. The number of carbonyl (C=O) groups is 1. The maximum absolute atomic E-state index is 16.7. The highest BCUT2D eigenvalue weighted by Crippen LogP contribution is 2.42. The van der Waals surface area contributed by atoms with Crippen LogP contribution in [-0.2, 0) is 16.0 Å². The highest BCUT2D eigenvalue weighted by Gasteiger charge is 2.38. The fourth-order valence-electron chi connectivity index (χ4n) is 6.79. The third-order valence-electron chi connectivity index (χ3n) is 8.86. The summed E-state index contributed by atoms with van der Waals surface area (Å²) in [5.41, 5.74) is -1.16. The van der Waals surface area contributed by atoms with Crippen LogP contribution in [0.5, 0.6) is 11.8 Å². The highest BCUT2D eigenvalue weighted by molar-refractivity contribution is 6.03. The minimum absolute atomic E-state index is 0.0245. The van der Waals surface area contributed by atoms with Crippen molar-refractivity contribution in [3.05, 3.63) is 53.3 Å². The molecule has 0 radical (unpaired) electrons. The van der Waals surface area contributed by atoms with Crippen LogP contribution in [0.15, 0.2) is 30.3 Å². The van der Waals surface area contributed by atoms with Gasteiger partial charge in [0, 0.05) is 43.4 Å². The molecule has 3 aliphatic heterocycles. The molecule has 7 rings (SSSR count). The summed E-state index contributed by atoms with van der Waals surface area (Å²) in [5.74, 6) is -2.55. The van der Waals surface area contributed by atoms with Crippen LogP contribution in [0.2, 0.25) is 0 Å². The summed E-state index contributed by atoms with van der Waals surface area (Å²) in [7, 11) is 0. The molecule has 2 bridgehead atoms. The lowest BCUT2D eigenvalue weighted by Gasteiger charge is -2.34. The number of aryl methyl sites for hydroxylation is 1. The molecule has 2 N–H and O–H groups in total. The SMILES string of the molecule is CCc1c(F)ccc2cc(O)cc(-c3c(F)cc4c(N5C[C@H]6CC[C@@H](C5)N6)nc(OCC5(C)CCC(=O)O5)nc4c3F)c12. The van der Waals surface area contributed by atoms with Crippen molar-refractivity contribution in [1.29, 1.82) is 0 Å². The predicted molar refractivity (Wildman–Crippen MR) is 155 cm³/mol. The molecule has 224 valence electrons. The minimum Gasteiger partial charge on any atom is -0.508 e. The number of anilines is 1. The number of cyclic esters (lactones) is 1. The fraction of sp³-hybridized carbons (Fsp3) is 0.406. The topological polar surface area (TPSA) is 96.8 Å². The van der Waals surface area contributed by atoms with E-state index in [1.807, 2.05) is 4.90 Å². The number of rotatable bonds is 6. The third kappa shape index (κ3) is 4.79. The summed E-state index contributed by atoms with van der Waals surface area (Å²) in [5, 5.41) is 15.0. The molecule has 0 amide bonds. The molecule has 1 unspecified atom stereocenters. The molecule has 3 aromatic carbocycles. The second kappa shape index (κ2) is 10.3. The Kier molecular flexibility index (Phi) is 6.61. The number of ether oxygens (including phenoxy) is 2. The van der Waals surface area contributed by atoms with Gasteiger partial charge in [0.15, 0.2) is 5.82 Å². The summed E-state index contributed by atoms with van der Waals surface area (Å²) in [6, 6.07) is 6.97. The van der Waals surface area contributed by atoms with Gasteiger partial charge in [-0.3, -0.25) is 4.79 Å². The number of aromatic hydroxyl groups is 1. The number of carbonyl (C=O) groups excluding carboxylic acids is 1. The van der Waals surface area contributed by atoms with E-state index in [0.717, 1.165) is 12.8 Å². The van der Waals surface area contributed by atoms with Crippen LogP contribution >= 0.6 is 0 Å². The number of phenolic OH excluding ortho intramolecular Hbond substituents is 1. The molecule has 0 saturated carbocycles. The molecule has 3 atom stereocenters. The van der Waals surface area contributed by atoms with Gasteiger partial charge < -0.3 is 24.8 Å². The summed E-state index contributed by atoms with van der Waals surface area (Å²) < 4.78 is 59.1. The van der Waals surface area contributed by atoms with Gasteiger partial charge in [-0.2, -0.15) is 9.97 Å². The van der Waals surface area contributed by atoms with Gasteiger partial charge in [-0.1, -0.05) is 13.0 Å². The quantitative estimate of drug-likeness (QED) is 0.282. The number of halogens is 3. The number of benzene rings is 3. The number of phenols is 1. The Morgan fingerprint density at radius 3 is 2.58 bits per heavy atom. The first-order chi connectivity index (χ1) is 20.6. The number of piperazine rings is 1. The Morgan fingerprint density at radius 1 is 1.12 bits per heavy atom. The monoisotopic (exact) mass is 592 g/mol. The predicted octanol–water partition coefficient (Wildman–Crippen LogP) is 5.55. The molecule has 0 spiro atoms. The number of esters is 1. The summed E-state index contributed by atoms with van der Waals surface area (Å²) >= 11 is 0. The summed E-state index contributed by atoms with van der Waals surface area (Å²) in [4.78, 5) is 22.8. The van der Waals surface area contributed by atoms with Gasteiger partial charge in [0.05, 0.1) is 5.56 Å². The van der Waals surface area contributed by atoms with Gasteiger partial charge in [0.2, 0.25) is 0 Å². The molecule has 4 heterocycles. The zero-order chi connectivity index (χ0) is 30.0. The van der Waals surface area contributed by atoms with E-state index >= 15 is 8.78 Å². The number of aromatic nitrogens is 2. The number of fused-ring (bicyclic) bond motifs is 4. The first kappa shape index (κ1) is 27.7. The second-order valence-corrected chi connectivity index (χ2v) is 12.0. The smallest absolute Gasteiger partial charge is 0.319 e. The van der Waals surface area contributed by atoms with Crippen LogP contribution in [0.1, 0.15) is 45.1 Å². The average Bonchev–Trinajstić information content (AvgIpc) is 3.50. The molecule has 3 aliphatic rings. The van der Waals surface area contributed by atoms with Gasteiger partial charge >= 0.3 is 12.0 Å². The Morgan fingerprint density at radius 2 is 1.88 bits per heavy atom. The lowest BCUT2D eigenvalue weighted by Crippen LogP contribution is -2.51. The first-order valence-corrected chi connectivity index (χ1v) is 14.6. The van der Waals surface area contributed by atoms with E-state index in [1.54, 1.807) is 13.8 Å². The molecule has 0 aliphatic carbocycles. The average molecular weight is 593 g/mol. The van der Waals surface area contributed by atoms with Crippen LogP contribution in [0.25, 0.3) is 32.8 Å². The zero-order valence-electron chi connectivity index (χ0n) is 23.8. The van der Waals surface area contributed by atoms with Gasteiger partial charge in [-0.15, -0.1) is 0 Å².